The predicted octanol–water partition coefficient (Wildman–Crippen LogP) is 1.59. The molecule has 3 aromatic rings. The Hall–Kier alpha value is -1.82. The number of ketones is 1. The fourth-order valence-electron chi connectivity index (χ4n) is 3.55. The fourth-order valence-corrected chi connectivity index (χ4v) is 3.85. The molecule has 2 heterocycles. The lowest BCUT2D eigenvalue weighted by Crippen LogP contribution is -3.00. The molecule has 4 nitrogen and oxygen atoms in total. The van der Waals surface area contributed by atoms with Crippen LogP contribution in [0.25, 0.3) is 11.3 Å². The van der Waals surface area contributed by atoms with Crippen LogP contribution in [0.2, 0.25) is 10.0 Å². The third-order valence-corrected chi connectivity index (χ3v) is 5.67. The van der Waals surface area contributed by atoms with Gasteiger partial charge in [0.25, 0.3) is 5.82 Å². The van der Waals surface area contributed by atoms with Gasteiger partial charge in [-0.05, 0) is 48.9 Å². The number of imidazole rings is 1. The van der Waals surface area contributed by atoms with Gasteiger partial charge in [-0.1, -0.05) is 23.2 Å². The molecule has 0 radical (unpaired) electrons. The van der Waals surface area contributed by atoms with Crippen molar-refractivity contribution in [3.8, 4) is 17.0 Å². The summed E-state index contributed by atoms with van der Waals surface area (Å²) in [4.78, 5) is 12.7. The summed E-state index contributed by atoms with van der Waals surface area (Å²) in [6.45, 7) is 1.25. The van der Waals surface area contributed by atoms with Gasteiger partial charge >= 0.3 is 0 Å². The van der Waals surface area contributed by atoms with Crippen molar-refractivity contribution >= 4 is 29.0 Å². The number of benzene rings is 2. The first-order chi connectivity index (χ1) is 13.1. The fraction of sp³-hybridized carbons (Fsp3) is 0.238. The van der Waals surface area contributed by atoms with E-state index in [9.17, 15) is 4.79 Å². The number of hydrogen-bond donors (Lipinski definition) is 0. The number of halogens is 3. The Kier molecular flexibility index (Phi) is 6.48. The zero-order valence-electron chi connectivity index (χ0n) is 15.3. The van der Waals surface area contributed by atoms with E-state index >= 15 is 0 Å². The minimum absolute atomic E-state index is 0. The number of ether oxygens (including phenoxy) is 1. The lowest BCUT2D eigenvalue weighted by molar-refractivity contribution is -0.689. The molecule has 2 aromatic carbocycles. The van der Waals surface area contributed by atoms with Crippen LogP contribution in [0, 0.1) is 0 Å². The van der Waals surface area contributed by atoms with E-state index in [0.717, 1.165) is 42.2 Å². The lowest BCUT2D eigenvalue weighted by Gasteiger charge is -2.02. The molecule has 1 aliphatic heterocycles. The van der Waals surface area contributed by atoms with E-state index in [1.165, 1.54) is 0 Å². The highest BCUT2D eigenvalue weighted by Crippen LogP contribution is 2.30. The van der Waals surface area contributed by atoms with Gasteiger partial charge in [-0.3, -0.25) is 4.79 Å². The molecule has 4 rings (SSSR count). The molecule has 28 heavy (non-hydrogen) atoms. The SMILES string of the molecule is COc1ccc(C(=O)C[n+]2cc(-c3ccc(Cl)c(Cl)c3)n3c2CCC3)cc1.[Br-]. The monoisotopic (exact) mass is 480 g/mol. The number of Topliss-reactive ketones (excluding diaryl/α,β-unsaturated/α-hetero) is 1. The third-order valence-electron chi connectivity index (χ3n) is 4.94. The van der Waals surface area contributed by atoms with Crippen molar-refractivity contribution in [2.75, 3.05) is 7.11 Å². The largest absolute Gasteiger partial charge is 1.00 e. The maximum Gasteiger partial charge on any atom is 0.257 e. The van der Waals surface area contributed by atoms with Gasteiger partial charge in [-0.25, -0.2) is 9.13 Å². The molecule has 0 aliphatic carbocycles. The molecular formula is C21H19BrCl2N2O2. The predicted molar refractivity (Wildman–Crippen MR) is 106 cm³/mol. The molecular weight excluding hydrogens is 463 g/mol. The van der Waals surface area contributed by atoms with E-state index in [-0.39, 0.29) is 22.8 Å². The van der Waals surface area contributed by atoms with Crippen molar-refractivity contribution in [3.05, 3.63) is 70.1 Å². The smallest absolute Gasteiger partial charge is 0.257 e. The van der Waals surface area contributed by atoms with E-state index in [1.807, 2.05) is 30.5 Å². The van der Waals surface area contributed by atoms with Crippen molar-refractivity contribution in [1.82, 2.24) is 4.57 Å². The van der Waals surface area contributed by atoms with Gasteiger partial charge in [-0.2, -0.15) is 0 Å². The van der Waals surface area contributed by atoms with Gasteiger partial charge in [0, 0.05) is 11.1 Å². The number of nitrogens with zero attached hydrogens (tertiary/aromatic N) is 2. The number of aromatic nitrogens is 2. The number of hydrogen-bond acceptors (Lipinski definition) is 2. The maximum absolute atomic E-state index is 12.7. The van der Waals surface area contributed by atoms with Crippen LogP contribution in [0.5, 0.6) is 5.75 Å². The lowest BCUT2D eigenvalue weighted by atomic mass is 10.1. The van der Waals surface area contributed by atoms with Crippen molar-refractivity contribution in [3.63, 3.8) is 0 Å². The van der Waals surface area contributed by atoms with E-state index in [0.29, 0.717) is 22.2 Å². The Labute approximate surface area is 184 Å². The zero-order valence-corrected chi connectivity index (χ0v) is 18.4. The molecule has 0 saturated carbocycles. The molecule has 146 valence electrons. The molecule has 0 bridgehead atoms. The van der Waals surface area contributed by atoms with Crippen LogP contribution in [0.1, 0.15) is 22.6 Å². The second kappa shape index (κ2) is 8.68. The van der Waals surface area contributed by atoms with E-state index in [4.69, 9.17) is 27.9 Å². The Morgan fingerprint density at radius 3 is 2.57 bits per heavy atom. The zero-order chi connectivity index (χ0) is 19.0. The molecule has 0 amide bonds. The Morgan fingerprint density at radius 2 is 1.89 bits per heavy atom. The van der Waals surface area contributed by atoms with Gasteiger partial charge < -0.3 is 21.7 Å². The Morgan fingerprint density at radius 1 is 1.14 bits per heavy atom. The van der Waals surface area contributed by atoms with Crippen molar-refractivity contribution < 1.29 is 31.1 Å². The van der Waals surface area contributed by atoms with Gasteiger partial charge in [0.1, 0.15) is 11.9 Å². The first kappa shape index (κ1) is 20.9. The number of carbonyl (C=O) groups is 1. The summed E-state index contributed by atoms with van der Waals surface area (Å²) < 4.78 is 9.48. The highest BCUT2D eigenvalue weighted by Gasteiger charge is 2.30. The Bertz CT molecular complexity index is 1020. The number of fused-ring (bicyclic) bond motifs is 1. The number of methoxy groups -OCH3 is 1. The average Bonchev–Trinajstić information content (AvgIpc) is 3.28. The summed E-state index contributed by atoms with van der Waals surface area (Å²) in [5, 5.41) is 1.07. The summed E-state index contributed by atoms with van der Waals surface area (Å²) in [6.07, 6.45) is 4.06. The first-order valence-electron chi connectivity index (χ1n) is 8.81. The van der Waals surface area contributed by atoms with Crippen molar-refractivity contribution in [2.24, 2.45) is 0 Å². The summed E-state index contributed by atoms with van der Waals surface area (Å²) in [5.41, 5.74) is 2.74. The minimum atomic E-state index is 0. The van der Waals surface area contributed by atoms with Crippen LogP contribution in [-0.2, 0) is 19.5 Å². The summed E-state index contributed by atoms with van der Waals surface area (Å²) in [7, 11) is 1.61. The van der Waals surface area contributed by atoms with Crippen LogP contribution in [0.3, 0.4) is 0 Å². The normalized spacial score (nSPS) is 12.4. The minimum Gasteiger partial charge on any atom is -1.00 e. The molecule has 0 atom stereocenters. The topological polar surface area (TPSA) is 35.1 Å². The average molecular weight is 482 g/mol. The number of carbonyl (C=O) groups excluding carboxylic acids is 1. The summed E-state index contributed by atoms with van der Waals surface area (Å²) in [6, 6.07) is 12.9. The van der Waals surface area contributed by atoms with Crippen LogP contribution in [0.4, 0.5) is 0 Å². The van der Waals surface area contributed by atoms with Crippen LogP contribution in [-0.4, -0.2) is 17.5 Å². The van der Waals surface area contributed by atoms with Crippen LogP contribution < -0.4 is 26.3 Å². The molecule has 0 saturated heterocycles. The molecule has 0 N–H and O–H groups in total. The third kappa shape index (κ3) is 3.97. The first-order valence-corrected chi connectivity index (χ1v) is 9.57. The second-order valence-electron chi connectivity index (χ2n) is 6.59. The summed E-state index contributed by atoms with van der Waals surface area (Å²) in [5.74, 6) is 1.98. The standard InChI is InChI=1S/C21H19Cl2N2O2.BrH/c1-27-16-7-4-14(5-8-16)20(26)13-24-12-19(25-10-2-3-21(24)25)15-6-9-17(22)18(23)11-15;/h4-9,11-12H,2-3,10,13H2,1H3;1H/q+1;/p-1. The van der Waals surface area contributed by atoms with Gasteiger partial charge in [-0.15, -0.1) is 0 Å². The molecule has 7 heteroatoms. The highest BCUT2D eigenvalue weighted by molar-refractivity contribution is 6.42. The van der Waals surface area contributed by atoms with Gasteiger partial charge in [0.15, 0.2) is 12.2 Å². The number of rotatable bonds is 5. The van der Waals surface area contributed by atoms with Gasteiger partial charge in [0.05, 0.1) is 30.1 Å². The second-order valence-corrected chi connectivity index (χ2v) is 7.41. The van der Waals surface area contributed by atoms with Crippen LogP contribution >= 0.6 is 23.2 Å². The molecule has 0 fully saturated rings. The van der Waals surface area contributed by atoms with Gasteiger partial charge in [0.2, 0.25) is 5.78 Å². The van der Waals surface area contributed by atoms with Crippen molar-refractivity contribution in [2.45, 2.75) is 25.9 Å². The highest BCUT2D eigenvalue weighted by atomic mass is 79.9. The van der Waals surface area contributed by atoms with Crippen molar-refractivity contribution in [1.29, 1.82) is 0 Å². The molecule has 1 aliphatic rings. The summed E-state index contributed by atoms with van der Waals surface area (Å²) >= 11 is 12.2. The van der Waals surface area contributed by atoms with E-state index in [2.05, 4.69) is 9.13 Å². The quantitative estimate of drug-likeness (QED) is 0.409. The van der Waals surface area contributed by atoms with E-state index < -0.39 is 0 Å². The van der Waals surface area contributed by atoms with E-state index in [1.54, 1.807) is 25.3 Å². The molecule has 0 spiro atoms. The molecule has 1 aromatic heterocycles. The maximum atomic E-state index is 12.7. The molecule has 0 unspecified atom stereocenters. The Balaban J connectivity index is 0.00000225. The van der Waals surface area contributed by atoms with Crippen LogP contribution in [0.15, 0.2) is 48.7 Å².